The van der Waals surface area contributed by atoms with Crippen molar-refractivity contribution >= 4 is 17.4 Å². The van der Waals surface area contributed by atoms with E-state index in [1.54, 1.807) is 17.6 Å². The van der Waals surface area contributed by atoms with E-state index in [0.29, 0.717) is 36.7 Å². The second-order valence-corrected chi connectivity index (χ2v) is 9.63. The number of ether oxygens (including phenoxy) is 2. The summed E-state index contributed by atoms with van der Waals surface area (Å²) >= 11 is 0. The molecule has 5 heterocycles. The van der Waals surface area contributed by atoms with E-state index in [-0.39, 0.29) is 24.8 Å². The van der Waals surface area contributed by atoms with Crippen molar-refractivity contribution in [1.29, 1.82) is 0 Å². The van der Waals surface area contributed by atoms with Gasteiger partial charge in [0.15, 0.2) is 5.65 Å². The number of carbonyl (C=O) groups excluding carboxylic acids is 1. The third-order valence-electron chi connectivity index (χ3n) is 7.09. The molecule has 6 rings (SSSR count). The second-order valence-electron chi connectivity index (χ2n) is 9.63. The molecule has 0 bridgehead atoms. The second kappa shape index (κ2) is 10.5. The van der Waals surface area contributed by atoms with Crippen LogP contribution >= 0.6 is 0 Å². The highest BCUT2D eigenvalue weighted by Crippen LogP contribution is 2.37. The molecule has 39 heavy (non-hydrogen) atoms. The molecule has 1 saturated heterocycles. The maximum Gasteiger partial charge on any atom is 0.343 e. The van der Waals surface area contributed by atoms with Crippen LogP contribution in [0.3, 0.4) is 0 Å². The van der Waals surface area contributed by atoms with Gasteiger partial charge in [-0.3, -0.25) is 0 Å². The van der Waals surface area contributed by atoms with Crippen LogP contribution in [0.15, 0.2) is 67.1 Å². The van der Waals surface area contributed by atoms with Crippen molar-refractivity contribution in [3.05, 3.63) is 78.2 Å². The molecular formula is C29H29FN6O3. The Hall–Kier alpha value is -4.31. The fraction of sp³-hybridized carbons (Fsp3) is 0.310. The van der Waals surface area contributed by atoms with E-state index in [2.05, 4.69) is 27.1 Å². The molecule has 1 aromatic carbocycles. The number of benzene rings is 1. The standard InChI is InChI=1S/C29H29FN6O3/c1-3-39-29(37)22-16-32-36-26(34(2)17-19-8-5-4-6-9-19)14-24(33-28(22)36)21-15-31-27-20(21)10-7-12-35(27)25-11-13-38-18-23(25)30/h4-10,12,14-16,23,25H,3,11,13,17-18H2,1-2H3/t23-,25?/m0/s1. The Morgan fingerprint density at radius 2 is 2.03 bits per heavy atom. The van der Waals surface area contributed by atoms with Gasteiger partial charge in [-0.1, -0.05) is 30.3 Å². The van der Waals surface area contributed by atoms with E-state index in [4.69, 9.17) is 14.5 Å². The number of hydrogen-bond donors (Lipinski definition) is 0. The number of fused-ring (bicyclic) bond motifs is 2. The molecule has 1 unspecified atom stereocenters. The normalized spacial score (nSPS) is 17.5. The minimum Gasteiger partial charge on any atom is -0.462 e. The molecule has 0 N–H and O–H groups in total. The molecular weight excluding hydrogens is 499 g/mol. The number of carbonyl (C=O) groups is 1. The summed E-state index contributed by atoms with van der Waals surface area (Å²) in [6, 6.07) is 15.6. The number of anilines is 1. The molecule has 0 saturated carbocycles. The maximum atomic E-state index is 14.8. The van der Waals surface area contributed by atoms with Crippen LogP contribution in [-0.2, 0) is 16.0 Å². The van der Waals surface area contributed by atoms with Gasteiger partial charge in [-0.15, -0.1) is 0 Å². The molecule has 200 valence electrons. The molecule has 2 aromatic heterocycles. The van der Waals surface area contributed by atoms with E-state index in [1.807, 2.05) is 54.2 Å². The zero-order chi connectivity index (χ0) is 26.9. The van der Waals surface area contributed by atoms with Gasteiger partial charge in [0.05, 0.1) is 31.1 Å². The van der Waals surface area contributed by atoms with Gasteiger partial charge in [-0.25, -0.2) is 19.2 Å². The molecule has 3 aromatic rings. The Labute approximate surface area is 225 Å². The quantitative estimate of drug-likeness (QED) is 0.280. The molecule has 10 heteroatoms. The molecule has 0 amide bonds. The highest BCUT2D eigenvalue weighted by Gasteiger charge is 2.30. The van der Waals surface area contributed by atoms with Crippen LogP contribution in [0.5, 0.6) is 0 Å². The van der Waals surface area contributed by atoms with Crippen LogP contribution in [-0.4, -0.2) is 63.2 Å². The Bertz CT molecular complexity index is 1580. The summed E-state index contributed by atoms with van der Waals surface area (Å²) in [4.78, 5) is 24.4. The summed E-state index contributed by atoms with van der Waals surface area (Å²) in [6.07, 6.45) is 4.58. The van der Waals surface area contributed by atoms with Gasteiger partial charge in [-0.05, 0) is 31.0 Å². The zero-order valence-corrected chi connectivity index (χ0v) is 21.8. The summed E-state index contributed by atoms with van der Waals surface area (Å²) in [5.41, 5.74) is 4.08. The predicted octanol–water partition coefficient (Wildman–Crippen LogP) is 4.81. The average Bonchev–Trinajstić information content (AvgIpc) is 3.58. The maximum absolute atomic E-state index is 14.8. The van der Waals surface area contributed by atoms with Gasteiger partial charge < -0.3 is 18.9 Å². The lowest BCUT2D eigenvalue weighted by Crippen LogP contribution is -2.32. The van der Waals surface area contributed by atoms with E-state index in [0.717, 1.165) is 22.5 Å². The molecule has 3 aliphatic heterocycles. The highest BCUT2D eigenvalue weighted by molar-refractivity contribution is 5.96. The first-order valence-corrected chi connectivity index (χ1v) is 13.0. The molecule has 0 radical (unpaired) electrons. The van der Waals surface area contributed by atoms with Gasteiger partial charge in [-0.2, -0.15) is 9.61 Å². The summed E-state index contributed by atoms with van der Waals surface area (Å²) in [5, 5.41) is 4.49. The Morgan fingerprint density at radius 3 is 2.82 bits per heavy atom. The van der Waals surface area contributed by atoms with Crippen LogP contribution in [0.1, 0.15) is 35.3 Å². The number of rotatable bonds is 7. The van der Waals surface area contributed by atoms with Crippen LogP contribution in [0.25, 0.3) is 28.3 Å². The van der Waals surface area contributed by atoms with Crippen molar-refractivity contribution in [1.82, 2.24) is 24.1 Å². The molecule has 1 fully saturated rings. The van der Waals surface area contributed by atoms with E-state index in [1.165, 1.54) is 6.20 Å². The Kier molecular flexibility index (Phi) is 6.70. The van der Waals surface area contributed by atoms with Crippen molar-refractivity contribution in [3.63, 3.8) is 0 Å². The number of pyridine rings is 1. The first-order valence-electron chi connectivity index (χ1n) is 13.0. The largest absolute Gasteiger partial charge is 0.462 e. The van der Waals surface area contributed by atoms with Crippen molar-refractivity contribution in [2.75, 3.05) is 31.8 Å². The van der Waals surface area contributed by atoms with Gasteiger partial charge in [0.1, 0.15) is 23.4 Å². The lowest BCUT2D eigenvalue weighted by Gasteiger charge is -2.29. The minimum absolute atomic E-state index is 0.0782. The number of alkyl halides is 1. The summed E-state index contributed by atoms with van der Waals surface area (Å²) in [5.74, 6) is 0.952. The summed E-state index contributed by atoms with van der Waals surface area (Å²) in [7, 11) is 1.97. The zero-order valence-electron chi connectivity index (χ0n) is 21.8. The van der Waals surface area contributed by atoms with E-state index < -0.39 is 12.1 Å². The smallest absolute Gasteiger partial charge is 0.343 e. The predicted molar refractivity (Wildman–Crippen MR) is 145 cm³/mol. The van der Waals surface area contributed by atoms with Gasteiger partial charge in [0.2, 0.25) is 0 Å². The van der Waals surface area contributed by atoms with Crippen molar-refractivity contribution < 1.29 is 18.7 Å². The lowest BCUT2D eigenvalue weighted by molar-refractivity contribution is 0.00346. The van der Waals surface area contributed by atoms with Gasteiger partial charge >= 0.3 is 5.97 Å². The first-order chi connectivity index (χ1) is 19.0. The molecule has 0 spiro atoms. The van der Waals surface area contributed by atoms with E-state index in [9.17, 15) is 9.18 Å². The molecule has 9 nitrogen and oxygen atoms in total. The van der Waals surface area contributed by atoms with Gasteiger partial charge in [0, 0.05) is 49.8 Å². The van der Waals surface area contributed by atoms with Crippen LogP contribution in [0.4, 0.5) is 10.2 Å². The topological polar surface area (TPSA) is 86.8 Å². The summed E-state index contributed by atoms with van der Waals surface area (Å²) < 4.78 is 28.9. The van der Waals surface area contributed by atoms with Crippen molar-refractivity contribution in [2.45, 2.75) is 32.1 Å². The molecule has 3 aliphatic rings. The fourth-order valence-electron chi connectivity index (χ4n) is 5.18. The van der Waals surface area contributed by atoms with Gasteiger partial charge in [0.25, 0.3) is 0 Å². The number of esters is 1. The highest BCUT2D eigenvalue weighted by atomic mass is 19.1. The summed E-state index contributed by atoms with van der Waals surface area (Å²) in [6.45, 7) is 3.22. The Morgan fingerprint density at radius 1 is 1.18 bits per heavy atom. The monoisotopic (exact) mass is 528 g/mol. The number of aromatic nitrogens is 5. The van der Waals surface area contributed by atoms with Crippen LogP contribution in [0, 0.1) is 0 Å². The third-order valence-corrected chi connectivity index (χ3v) is 7.09. The SMILES string of the molecule is CCOC(=O)c1cnn2c(N(C)Cc3ccccc3)cc(-c3cnc4n(C5CCOC[C@@H]5F)cccc3-4)nc12. The van der Waals surface area contributed by atoms with Crippen LogP contribution < -0.4 is 4.90 Å². The van der Waals surface area contributed by atoms with Crippen molar-refractivity contribution in [2.24, 2.45) is 0 Å². The minimum atomic E-state index is -1.11. The molecule has 2 atom stereocenters. The third kappa shape index (κ3) is 4.61. The first kappa shape index (κ1) is 25.0. The van der Waals surface area contributed by atoms with E-state index >= 15 is 0 Å². The number of halogens is 1. The molecule has 0 aliphatic carbocycles. The average molecular weight is 529 g/mol. The number of nitrogens with zero attached hydrogens (tertiary/aromatic N) is 6. The lowest BCUT2D eigenvalue weighted by atomic mass is 10.0. The Balaban J connectivity index is 1.46. The van der Waals surface area contributed by atoms with Crippen molar-refractivity contribution in [3.8, 4) is 22.6 Å². The van der Waals surface area contributed by atoms with Crippen LogP contribution in [0.2, 0.25) is 0 Å². The fourth-order valence-corrected chi connectivity index (χ4v) is 5.18. The number of hydrogen-bond acceptors (Lipinski definition) is 7.